The van der Waals surface area contributed by atoms with Crippen molar-refractivity contribution in [3.05, 3.63) is 0 Å². The van der Waals surface area contributed by atoms with Crippen LogP contribution in [0.25, 0.3) is 0 Å². The number of esters is 7. The molecule has 0 aromatic heterocycles. The van der Waals surface area contributed by atoms with Crippen molar-refractivity contribution in [2.24, 2.45) is 17.8 Å². The summed E-state index contributed by atoms with van der Waals surface area (Å²) in [4.78, 5) is 86.0. The lowest BCUT2D eigenvalue weighted by molar-refractivity contribution is -0.153. The van der Waals surface area contributed by atoms with Gasteiger partial charge in [0.2, 0.25) is 0 Å². The highest BCUT2D eigenvalue weighted by Crippen LogP contribution is 2.20. The summed E-state index contributed by atoms with van der Waals surface area (Å²) in [5.41, 5.74) is 0. The minimum atomic E-state index is -0.458. The summed E-state index contributed by atoms with van der Waals surface area (Å²) in [5, 5.41) is 0. The fraction of sp³-hybridized carbons (Fsp3) is 0.887. The maximum atomic E-state index is 12.3. The van der Waals surface area contributed by atoms with Gasteiger partial charge in [-0.05, 0) is 82.7 Å². The Morgan fingerprint density at radius 3 is 0.935 bits per heavy atom. The topological polar surface area (TPSA) is 187 Å². The van der Waals surface area contributed by atoms with Gasteiger partial charge in [-0.3, -0.25) is 33.6 Å². The van der Waals surface area contributed by atoms with Crippen molar-refractivity contribution < 1.29 is 66.7 Å². The van der Waals surface area contributed by atoms with Crippen LogP contribution in [0.3, 0.4) is 0 Å². The van der Waals surface area contributed by atoms with Gasteiger partial charge in [-0.15, -0.1) is 0 Å². The summed E-state index contributed by atoms with van der Waals surface area (Å²) in [6, 6.07) is 0.457. The van der Waals surface area contributed by atoms with Crippen LogP contribution in [-0.2, 0) is 66.7 Å². The second-order valence-corrected chi connectivity index (χ2v) is 21.6. The Morgan fingerprint density at radius 2 is 0.675 bits per heavy atom. The summed E-state index contributed by atoms with van der Waals surface area (Å²) < 4.78 is 36.7. The zero-order valence-corrected chi connectivity index (χ0v) is 50.7. The van der Waals surface area contributed by atoms with Crippen LogP contribution in [0, 0.1) is 17.8 Å². The number of carbonyl (C=O) groups excluding carboxylic acids is 7. The van der Waals surface area contributed by atoms with Crippen LogP contribution in [0.4, 0.5) is 0 Å². The SMILES string of the molecule is CC(=O)OCC1CCCN1C.CCCCCCCCOC(=O)CC(CC(=O)OCCC)CC(=O)OCCCCCCCC.CCCCCCCCOC(=O)CC(CC(=O)OCCCCCCCC)CC(=O)OCCC(C)C. The highest BCUT2D eigenvalue weighted by atomic mass is 16.6. The van der Waals surface area contributed by atoms with E-state index in [1.165, 1.54) is 90.4 Å². The number of ether oxygens (including phenoxy) is 7. The molecule has 0 aromatic carbocycles. The molecule has 1 rings (SSSR count). The largest absolute Gasteiger partial charge is 0.466 e. The molecule has 1 fully saturated rings. The fourth-order valence-electron chi connectivity index (χ4n) is 8.50. The zero-order chi connectivity index (χ0) is 57.6. The standard InChI is InChI=1S/C28H52O6.C26H48O6.C8H15NO2/c1-5-7-9-11-13-15-18-32-26(29)21-25(23-28(31)34-20-17-24(3)4)22-27(30)33-19-16-14-12-10-8-6-2;1-4-7-9-11-13-15-18-31-25(28)21-23(20-24(27)30-17-6-3)22-26(29)32-19-16-14-12-10-8-5-2;1-7(10)11-6-8-4-3-5-9(8)2/h24-25H,5-23H2,1-4H3;23H,4-22H2,1-3H3;8H,3-6H2,1-2H3. The van der Waals surface area contributed by atoms with Gasteiger partial charge in [-0.2, -0.15) is 0 Å². The first-order valence-corrected chi connectivity index (χ1v) is 30.9. The Hall–Kier alpha value is -3.75. The third-order valence-electron chi connectivity index (χ3n) is 13.4. The van der Waals surface area contributed by atoms with E-state index >= 15 is 0 Å². The summed E-state index contributed by atoms with van der Waals surface area (Å²) in [6.07, 6.45) is 30.9. The van der Waals surface area contributed by atoms with Gasteiger partial charge in [0.05, 0.1) is 39.6 Å². The molecule has 1 aliphatic heterocycles. The molecule has 1 heterocycles. The molecular weight excluding hydrogens is 983 g/mol. The number of likely N-dealkylation sites (N-methyl/N-ethyl adjacent to an activating group) is 1. The third kappa shape index (κ3) is 54.0. The molecule has 1 atom stereocenters. The lowest BCUT2D eigenvalue weighted by Gasteiger charge is -2.18. The van der Waals surface area contributed by atoms with E-state index < -0.39 is 11.8 Å². The summed E-state index contributed by atoms with van der Waals surface area (Å²) in [7, 11) is 2.07. The van der Waals surface area contributed by atoms with E-state index in [9.17, 15) is 33.6 Å². The molecule has 1 saturated heterocycles. The maximum Gasteiger partial charge on any atom is 0.306 e. The Labute approximate surface area is 469 Å². The maximum absolute atomic E-state index is 12.3. The van der Waals surface area contributed by atoms with Crippen LogP contribution in [0.15, 0.2) is 0 Å². The average Bonchev–Trinajstić information content (AvgIpc) is 3.80. The zero-order valence-electron chi connectivity index (χ0n) is 50.7. The molecule has 1 unspecified atom stereocenters. The summed E-state index contributed by atoms with van der Waals surface area (Å²) in [5.74, 6) is -2.86. The molecule has 77 heavy (non-hydrogen) atoms. The molecule has 0 amide bonds. The van der Waals surface area contributed by atoms with Crippen molar-refractivity contribution in [1.82, 2.24) is 4.90 Å². The number of rotatable bonds is 47. The van der Waals surface area contributed by atoms with Gasteiger partial charge >= 0.3 is 41.8 Å². The monoisotopic (exact) mass is 1100 g/mol. The predicted octanol–water partition coefficient (Wildman–Crippen LogP) is 14.3. The van der Waals surface area contributed by atoms with Crippen LogP contribution in [0.2, 0.25) is 0 Å². The first-order chi connectivity index (χ1) is 37.1. The van der Waals surface area contributed by atoms with Crippen molar-refractivity contribution in [3.8, 4) is 0 Å². The predicted molar refractivity (Wildman–Crippen MR) is 306 cm³/mol. The van der Waals surface area contributed by atoms with Gasteiger partial charge in [-0.1, -0.05) is 177 Å². The molecule has 15 heteroatoms. The molecule has 0 saturated carbocycles. The van der Waals surface area contributed by atoms with Gasteiger partial charge in [0.1, 0.15) is 6.61 Å². The average molecular weight is 1100 g/mol. The fourth-order valence-corrected chi connectivity index (χ4v) is 8.50. The van der Waals surface area contributed by atoms with Crippen LogP contribution in [0.1, 0.15) is 274 Å². The number of likely N-dealkylation sites (tertiary alicyclic amines) is 1. The van der Waals surface area contributed by atoms with Crippen molar-refractivity contribution in [2.45, 2.75) is 280 Å². The first kappa shape index (κ1) is 75.3. The van der Waals surface area contributed by atoms with E-state index in [0.717, 1.165) is 103 Å². The van der Waals surface area contributed by atoms with E-state index in [0.29, 0.717) is 58.2 Å². The van der Waals surface area contributed by atoms with Crippen LogP contribution in [0.5, 0.6) is 0 Å². The van der Waals surface area contributed by atoms with Gasteiger partial charge in [0.25, 0.3) is 0 Å². The van der Waals surface area contributed by atoms with Gasteiger partial charge < -0.3 is 38.1 Å². The van der Waals surface area contributed by atoms with Gasteiger partial charge in [-0.25, -0.2) is 0 Å². The van der Waals surface area contributed by atoms with Crippen molar-refractivity contribution >= 4 is 41.8 Å². The summed E-state index contributed by atoms with van der Waals surface area (Å²) in [6.45, 7) is 20.2. The minimum Gasteiger partial charge on any atom is -0.466 e. The molecule has 0 bridgehead atoms. The van der Waals surface area contributed by atoms with Crippen molar-refractivity contribution in [2.75, 3.05) is 59.8 Å². The second-order valence-electron chi connectivity index (χ2n) is 21.6. The molecule has 0 radical (unpaired) electrons. The van der Waals surface area contributed by atoms with Crippen LogP contribution < -0.4 is 0 Å². The molecule has 15 nitrogen and oxygen atoms in total. The van der Waals surface area contributed by atoms with Crippen molar-refractivity contribution in [1.29, 1.82) is 0 Å². The van der Waals surface area contributed by atoms with Gasteiger partial charge in [0.15, 0.2) is 0 Å². The lowest BCUT2D eigenvalue weighted by Crippen LogP contribution is -2.30. The van der Waals surface area contributed by atoms with Crippen LogP contribution >= 0.6 is 0 Å². The van der Waals surface area contributed by atoms with E-state index in [-0.39, 0.29) is 80.3 Å². The van der Waals surface area contributed by atoms with E-state index in [1.807, 2.05) is 6.92 Å². The highest BCUT2D eigenvalue weighted by Gasteiger charge is 2.25. The molecule has 0 spiro atoms. The van der Waals surface area contributed by atoms with E-state index in [4.69, 9.17) is 33.2 Å². The minimum absolute atomic E-state index is 0.0241. The van der Waals surface area contributed by atoms with Crippen molar-refractivity contribution in [3.63, 3.8) is 0 Å². The second kappa shape index (κ2) is 55.6. The lowest BCUT2D eigenvalue weighted by atomic mass is 9.97. The molecule has 1 aliphatic rings. The molecule has 0 aliphatic carbocycles. The molecule has 452 valence electrons. The number of hydrogen-bond acceptors (Lipinski definition) is 15. The Morgan fingerprint density at radius 1 is 0.390 bits per heavy atom. The molecule has 0 N–H and O–H groups in total. The Bertz CT molecular complexity index is 1390. The van der Waals surface area contributed by atoms with E-state index in [2.05, 4.69) is 53.5 Å². The Kier molecular flexibility index (Phi) is 54.3. The van der Waals surface area contributed by atoms with E-state index in [1.54, 1.807) is 0 Å². The smallest absolute Gasteiger partial charge is 0.306 e. The summed E-state index contributed by atoms with van der Waals surface area (Å²) >= 11 is 0. The molecular formula is C62H115NO14. The van der Waals surface area contributed by atoms with Crippen LogP contribution in [-0.4, -0.2) is 113 Å². The quantitative estimate of drug-likeness (QED) is 0.0318. The van der Waals surface area contributed by atoms with Gasteiger partial charge in [0, 0.05) is 51.5 Å². The number of unbranched alkanes of at least 4 members (excludes halogenated alkanes) is 20. The molecule has 0 aromatic rings. The number of carbonyl (C=O) groups is 7. The first-order valence-electron chi connectivity index (χ1n) is 30.9. The third-order valence-corrected chi connectivity index (χ3v) is 13.4. The highest BCUT2D eigenvalue weighted by molar-refractivity contribution is 5.77. The number of hydrogen-bond donors (Lipinski definition) is 0. The normalized spacial score (nSPS) is 13.1. The number of nitrogens with zero attached hydrogens (tertiary/aromatic N) is 1. The Balaban J connectivity index is 0.